The van der Waals surface area contributed by atoms with Crippen molar-refractivity contribution < 1.29 is 4.39 Å². The minimum absolute atomic E-state index is 0.201. The van der Waals surface area contributed by atoms with E-state index in [4.69, 9.17) is 0 Å². The number of aryl methyl sites for hydroxylation is 2. The van der Waals surface area contributed by atoms with Crippen LogP contribution in [0, 0.1) is 5.82 Å². The van der Waals surface area contributed by atoms with Gasteiger partial charge in [-0.05, 0) is 41.5 Å². The zero-order chi connectivity index (χ0) is 21.2. The number of thioether (sulfide) groups is 1. The molecule has 0 saturated heterocycles. The first-order valence-corrected chi connectivity index (χ1v) is 11.3. The quantitative estimate of drug-likeness (QED) is 0.402. The van der Waals surface area contributed by atoms with E-state index in [0.29, 0.717) is 19.0 Å². The van der Waals surface area contributed by atoms with Crippen LogP contribution in [-0.4, -0.2) is 28.8 Å². The van der Waals surface area contributed by atoms with Crippen LogP contribution in [0.5, 0.6) is 0 Å². The molecular formula is C23H28FN5S. The molecule has 0 bridgehead atoms. The highest BCUT2D eigenvalue weighted by atomic mass is 32.2. The Morgan fingerprint density at radius 1 is 1.10 bits per heavy atom. The zero-order valence-corrected chi connectivity index (χ0v) is 18.3. The van der Waals surface area contributed by atoms with Crippen LogP contribution < -0.4 is 10.6 Å². The molecule has 0 atom stereocenters. The highest BCUT2D eigenvalue weighted by molar-refractivity contribution is 7.97. The predicted octanol–water partition coefficient (Wildman–Crippen LogP) is 3.99. The van der Waals surface area contributed by atoms with Crippen LogP contribution >= 0.6 is 11.8 Å². The highest BCUT2D eigenvalue weighted by Crippen LogP contribution is 2.16. The molecule has 2 N–H and O–H groups in total. The monoisotopic (exact) mass is 425 g/mol. The van der Waals surface area contributed by atoms with Gasteiger partial charge in [-0.25, -0.2) is 9.37 Å². The van der Waals surface area contributed by atoms with E-state index in [-0.39, 0.29) is 5.82 Å². The summed E-state index contributed by atoms with van der Waals surface area (Å²) in [6.07, 6.45) is 6.80. The molecule has 0 radical (unpaired) electrons. The molecule has 3 rings (SSSR count). The molecule has 0 aliphatic heterocycles. The van der Waals surface area contributed by atoms with E-state index in [1.807, 2.05) is 30.8 Å². The topological polar surface area (TPSA) is 54.2 Å². The third-order valence-corrected chi connectivity index (χ3v) is 5.44. The van der Waals surface area contributed by atoms with Crippen LogP contribution in [-0.2, 0) is 31.8 Å². The van der Waals surface area contributed by atoms with Gasteiger partial charge in [0.05, 0.1) is 6.54 Å². The number of nitrogens with zero attached hydrogens (tertiary/aromatic N) is 3. The van der Waals surface area contributed by atoms with E-state index < -0.39 is 0 Å². The van der Waals surface area contributed by atoms with E-state index in [2.05, 4.69) is 49.4 Å². The van der Waals surface area contributed by atoms with Gasteiger partial charge < -0.3 is 15.2 Å². The fraction of sp³-hybridized carbons (Fsp3) is 0.304. The maximum absolute atomic E-state index is 13.5. The van der Waals surface area contributed by atoms with Crippen molar-refractivity contribution in [2.24, 2.45) is 4.99 Å². The summed E-state index contributed by atoms with van der Waals surface area (Å²) in [5.74, 6) is 2.22. The van der Waals surface area contributed by atoms with Crippen molar-refractivity contribution in [2.45, 2.75) is 31.8 Å². The normalized spacial score (nSPS) is 11.5. The molecule has 0 spiro atoms. The minimum Gasteiger partial charge on any atom is -0.352 e. The Kier molecular flexibility index (Phi) is 8.32. The molecule has 2 aromatic carbocycles. The first-order valence-electron chi connectivity index (χ1n) is 9.94. The van der Waals surface area contributed by atoms with Crippen LogP contribution in [0.3, 0.4) is 0 Å². The maximum atomic E-state index is 13.5. The lowest BCUT2D eigenvalue weighted by Crippen LogP contribution is -2.37. The van der Waals surface area contributed by atoms with Crippen LogP contribution in [0.1, 0.15) is 22.5 Å². The van der Waals surface area contributed by atoms with Crippen molar-refractivity contribution in [3.05, 3.63) is 89.3 Å². The summed E-state index contributed by atoms with van der Waals surface area (Å²) >= 11 is 1.68. The van der Waals surface area contributed by atoms with Gasteiger partial charge in [0.15, 0.2) is 5.96 Å². The summed E-state index contributed by atoms with van der Waals surface area (Å²) in [5.41, 5.74) is 3.38. The largest absolute Gasteiger partial charge is 0.352 e. The molecule has 3 aromatic rings. The number of aromatic nitrogens is 2. The van der Waals surface area contributed by atoms with Gasteiger partial charge in [-0.2, -0.15) is 11.8 Å². The summed E-state index contributed by atoms with van der Waals surface area (Å²) in [4.78, 5) is 8.77. The fourth-order valence-corrected chi connectivity index (χ4v) is 3.80. The second-order valence-electron chi connectivity index (χ2n) is 6.90. The molecule has 0 unspecified atom stereocenters. The first-order chi connectivity index (χ1) is 14.7. The van der Waals surface area contributed by atoms with Gasteiger partial charge in [-0.1, -0.05) is 36.4 Å². The van der Waals surface area contributed by atoms with E-state index in [0.717, 1.165) is 35.7 Å². The lowest BCUT2D eigenvalue weighted by molar-refractivity contribution is 0.624. The Bertz CT molecular complexity index is 955. The number of halogens is 1. The molecule has 0 amide bonds. The van der Waals surface area contributed by atoms with Crippen molar-refractivity contribution in [3.8, 4) is 0 Å². The molecule has 1 heterocycles. The average molecular weight is 426 g/mol. The molecular weight excluding hydrogens is 397 g/mol. The molecule has 1 aromatic heterocycles. The first kappa shape index (κ1) is 21.9. The van der Waals surface area contributed by atoms with Crippen molar-refractivity contribution in [1.82, 2.24) is 20.2 Å². The standard InChI is InChI=1S/C23H28FN5S/c1-25-23(27-15-19-8-9-21(24)14-20(19)17-30-2)28-16-22-26-11-13-29(22)12-10-18-6-4-3-5-7-18/h3-9,11,13-14H,10,12,15-17H2,1-2H3,(H2,25,27,28). The molecule has 5 nitrogen and oxygen atoms in total. The molecule has 0 aliphatic carbocycles. The molecule has 0 fully saturated rings. The SMILES string of the molecule is CN=C(NCc1ccc(F)cc1CSC)NCc1nccn1CCc1ccccc1. The summed E-state index contributed by atoms with van der Waals surface area (Å²) in [7, 11) is 1.74. The summed E-state index contributed by atoms with van der Waals surface area (Å²) in [6.45, 7) is 2.03. The number of hydrogen-bond acceptors (Lipinski definition) is 3. The average Bonchev–Trinajstić information content (AvgIpc) is 3.22. The lowest BCUT2D eigenvalue weighted by Gasteiger charge is -2.15. The Morgan fingerprint density at radius 3 is 2.67 bits per heavy atom. The number of aliphatic imine (C=N–C) groups is 1. The van der Waals surface area contributed by atoms with Crippen LogP contribution in [0.15, 0.2) is 65.9 Å². The van der Waals surface area contributed by atoms with Crippen LogP contribution in [0.4, 0.5) is 4.39 Å². The summed E-state index contributed by atoms with van der Waals surface area (Å²) in [5, 5.41) is 6.63. The van der Waals surface area contributed by atoms with E-state index >= 15 is 0 Å². The van der Waals surface area contributed by atoms with Crippen molar-refractivity contribution in [1.29, 1.82) is 0 Å². The Labute approximate surface area is 181 Å². The molecule has 158 valence electrons. The molecule has 0 aliphatic rings. The van der Waals surface area contributed by atoms with Gasteiger partial charge in [-0.3, -0.25) is 4.99 Å². The smallest absolute Gasteiger partial charge is 0.191 e. The van der Waals surface area contributed by atoms with E-state index in [1.54, 1.807) is 24.9 Å². The fourth-order valence-electron chi connectivity index (χ4n) is 3.22. The summed E-state index contributed by atoms with van der Waals surface area (Å²) in [6, 6.07) is 15.4. The highest BCUT2D eigenvalue weighted by Gasteiger charge is 2.07. The van der Waals surface area contributed by atoms with Crippen molar-refractivity contribution in [3.63, 3.8) is 0 Å². The predicted molar refractivity (Wildman–Crippen MR) is 123 cm³/mol. The third kappa shape index (κ3) is 6.35. The second kappa shape index (κ2) is 11.4. The third-order valence-electron chi connectivity index (χ3n) is 4.84. The molecule has 30 heavy (non-hydrogen) atoms. The Morgan fingerprint density at radius 2 is 1.90 bits per heavy atom. The number of rotatable bonds is 9. The van der Waals surface area contributed by atoms with Gasteiger partial charge in [0.1, 0.15) is 11.6 Å². The zero-order valence-electron chi connectivity index (χ0n) is 17.4. The number of hydrogen-bond donors (Lipinski definition) is 2. The van der Waals surface area contributed by atoms with Gasteiger partial charge in [-0.15, -0.1) is 0 Å². The number of benzene rings is 2. The van der Waals surface area contributed by atoms with Crippen molar-refractivity contribution >= 4 is 17.7 Å². The number of imidazole rings is 1. The Balaban J connectivity index is 1.53. The van der Waals surface area contributed by atoms with Gasteiger partial charge in [0.25, 0.3) is 0 Å². The van der Waals surface area contributed by atoms with E-state index in [1.165, 1.54) is 11.6 Å². The second-order valence-corrected chi connectivity index (χ2v) is 7.76. The van der Waals surface area contributed by atoms with Crippen molar-refractivity contribution in [2.75, 3.05) is 13.3 Å². The minimum atomic E-state index is -0.201. The van der Waals surface area contributed by atoms with Gasteiger partial charge in [0, 0.05) is 38.3 Å². The number of nitrogens with one attached hydrogen (secondary N) is 2. The van der Waals surface area contributed by atoms with Crippen LogP contribution in [0.25, 0.3) is 0 Å². The lowest BCUT2D eigenvalue weighted by atomic mass is 10.1. The van der Waals surface area contributed by atoms with Crippen LogP contribution in [0.2, 0.25) is 0 Å². The summed E-state index contributed by atoms with van der Waals surface area (Å²) < 4.78 is 15.7. The number of guanidine groups is 1. The van der Waals surface area contributed by atoms with Gasteiger partial charge >= 0.3 is 0 Å². The molecule has 7 heteroatoms. The Hall–Kier alpha value is -2.80. The maximum Gasteiger partial charge on any atom is 0.191 e. The van der Waals surface area contributed by atoms with Gasteiger partial charge in [0.2, 0.25) is 0 Å². The van der Waals surface area contributed by atoms with E-state index in [9.17, 15) is 4.39 Å². The molecule has 0 saturated carbocycles.